The zero-order chi connectivity index (χ0) is 22.3. The molecule has 0 aliphatic carbocycles. The number of aryl methyl sites for hydroxylation is 1. The molecule has 2 aromatic rings. The van der Waals surface area contributed by atoms with Gasteiger partial charge in [0.1, 0.15) is 11.6 Å². The van der Waals surface area contributed by atoms with Crippen molar-refractivity contribution >= 4 is 21.6 Å². The Hall–Kier alpha value is -2.69. The van der Waals surface area contributed by atoms with Gasteiger partial charge in [0.25, 0.3) is 15.9 Å². The molecule has 0 radical (unpaired) electrons. The number of hydrogen-bond acceptors (Lipinski definition) is 6. The molecule has 168 valence electrons. The van der Waals surface area contributed by atoms with Crippen molar-refractivity contribution in [2.45, 2.75) is 11.8 Å². The van der Waals surface area contributed by atoms with Gasteiger partial charge in [0.2, 0.25) is 0 Å². The molecule has 31 heavy (non-hydrogen) atoms. The maximum atomic E-state index is 13.0. The molecular weight excluding hydrogens is 425 g/mol. The van der Waals surface area contributed by atoms with Gasteiger partial charge >= 0.3 is 0 Å². The number of nitrogens with one attached hydrogen (secondary N) is 2. The van der Waals surface area contributed by atoms with Crippen LogP contribution in [0.15, 0.2) is 47.4 Å². The van der Waals surface area contributed by atoms with Crippen LogP contribution < -0.4 is 14.8 Å². The molecule has 3 rings (SSSR count). The number of benzene rings is 2. The van der Waals surface area contributed by atoms with Crippen molar-refractivity contribution < 1.29 is 27.1 Å². The third-order valence-electron chi connectivity index (χ3n) is 4.77. The van der Waals surface area contributed by atoms with Crippen LogP contribution in [0.5, 0.6) is 5.75 Å². The fourth-order valence-electron chi connectivity index (χ4n) is 3.06. The summed E-state index contributed by atoms with van der Waals surface area (Å²) in [5.74, 6) is -0.281. The first-order chi connectivity index (χ1) is 14.8. The number of anilines is 1. The Morgan fingerprint density at radius 1 is 1.16 bits per heavy atom. The Balaban J connectivity index is 1.50. The Morgan fingerprint density at radius 2 is 1.87 bits per heavy atom. The molecule has 1 amide bonds. The van der Waals surface area contributed by atoms with Gasteiger partial charge < -0.3 is 14.8 Å². The molecular formula is C21H26FN3O5S. The molecule has 2 N–H and O–H groups in total. The maximum Gasteiger partial charge on any atom is 0.261 e. The van der Waals surface area contributed by atoms with Crippen molar-refractivity contribution in [2.24, 2.45) is 0 Å². The van der Waals surface area contributed by atoms with Crippen LogP contribution in [0.3, 0.4) is 0 Å². The van der Waals surface area contributed by atoms with Gasteiger partial charge in [0.15, 0.2) is 6.61 Å². The number of amides is 1. The van der Waals surface area contributed by atoms with E-state index in [9.17, 15) is 17.6 Å². The Morgan fingerprint density at radius 3 is 2.55 bits per heavy atom. The Bertz CT molecular complexity index is 993. The van der Waals surface area contributed by atoms with E-state index in [1.54, 1.807) is 6.92 Å². The van der Waals surface area contributed by atoms with Crippen molar-refractivity contribution in [1.82, 2.24) is 10.2 Å². The monoisotopic (exact) mass is 451 g/mol. The summed E-state index contributed by atoms with van der Waals surface area (Å²) in [5, 5.41) is 2.81. The number of carbonyl (C=O) groups excluding carboxylic acids is 1. The van der Waals surface area contributed by atoms with Crippen LogP contribution in [0.4, 0.5) is 10.1 Å². The summed E-state index contributed by atoms with van der Waals surface area (Å²) in [4.78, 5) is 14.3. The first-order valence-electron chi connectivity index (χ1n) is 9.92. The van der Waals surface area contributed by atoms with E-state index in [1.807, 2.05) is 0 Å². The number of halogens is 1. The highest BCUT2D eigenvalue weighted by Gasteiger charge is 2.16. The average molecular weight is 452 g/mol. The first-order valence-corrected chi connectivity index (χ1v) is 11.4. The molecule has 0 atom stereocenters. The highest BCUT2D eigenvalue weighted by Crippen LogP contribution is 2.23. The normalized spacial score (nSPS) is 14.8. The van der Waals surface area contributed by atoms with Crippen LogP contribution in [0, 0.1) is 12.7 Å². The van der Waals surface area contributed by atoms with E-state index >= 15 is 0 Å². The maximum absolute atomic E-state index is 13.0. The quantitative estimate of drug-likeness (QED) is 0.603. The SMILES string of the molecule is Cc1cc(S(=O)(=O)Nc2ccc(F)cc2)ccc1OCC(=O)NCCN1CCOCC1. The summed E-state index contributed by atoms with van der Waals surface area (Å²) < 4.78 is 51.3. The number of nitrogens with zero attached hydrogens (tertiary/aromatic N) is 1. The average Bonchev–Trinajstić information content (AvgIpc) is 2.75. The number of rotatable bonds is 9. The largest absolute Gasteiger partial charge is 0.484 e. The van der Waals surface area contributed by atoms with Crippen molar-refractivity contribution in [3.63, 3.8) is 0 Å². The fraction of sp³-hybridized carbons (Fsp3) is 0.381. The zero-order valence-corrected chi connectivity index (χ0v) is 18.1. The summed E-state index contributed by atoms with van der Waals surface area (Å²) in [7, 11) is -3.84. The lowest BCUT2D eigenvalue weighted by atomic mass is 10.2. The van der Waals surface area contributed by atoms with E-state index in [0.29, 0.717) is 31.1 Å². The second-order valence-corrected chi connectivity index (χ2v) is 8.81. The third kappa shape index (κ3) is 6.91. The van der Waals surface area contributed by atoms with Gasteiger partial charge in [-0.05, 0) is 55.0 Å². The molecule has 10 heteroatoms. The topological polar surface area (TPSA) is 97.0 Å². The second-order valence-electron chi connectivity index (χ2n) is 7.13. The molecule has 0 saturated carbocycles. The molecule has 0 spiro atoms. The molecule has 1 aliphatic heterocycles. The molecule has 1 heterocycles. The second kappa shape index (κ2) is 10.6. The third-order valence-corrected chi connectivity index (χ3v) is 6.14. The van der Waals surface area contributed by atoms with Gasteiger partial charge in [0.05, 0.1) is 18.1 Å². The van der Waals surface area contributed by atoms with Gasteiger partial charge in [-0.2, -0.15) is 0 Å². The lowest BCUT2D eigenvalue weighted by Crippen LogP contribution is -2.42. The van der Waals surface area contributed by atoms with Crippen molar-refractivity contribution in [1.29, 1.82) is 0 Å². The van der Waals surface area contributed by atoms with Crippen molar-refractivity contribution in [3.8, 4) is 5.75 Å². The van der Waals surface area contributed by atoms with Crippen LogP contribution in [-0.4, -0.2) is 65.2 Å². The number of morpholine rings is 1. The molecule has 1 aliphatic rings. The van der Waals surface area contributed by atoms with E-state index < -0.39 is 15.8 Å². The summed E-state index contributed by atoms with van der Waals surface area (Å²) >= 11 is 0. The molecule has 2 aromatic carbocycles. The zero-order valence-electron chi connectivity index (χ0n) is 17.3. The van der Waals surface area contributed by atoms with Crippen LogP contribution in [0.2, 0.25) is 0 Å². The van der Waals surface area contributed by atoms with Crippen LogP contribution in [-0.2, 0) is 19.6 Å². The number of ether oxygens (including phenoxy) is 2. The number of sulfonamides is 1. The van der Waals surface area contributed by atoms with Crippen LogP contribution in [0.25, 0.3) is 0 Å². The van der Waals surface area contributed by atoms with Gasteiger partial charge in [-0.15, -0.1) is 0 Å². The van der Waals surface area contributed by atoms with E-state index in [-0.39, 0.29) is 23.1 Å². The highest BCUT2D eigenvalue weighted by atomic mass is 32.2. The van der Waals surface area contributed by atoms with Gasteiger partial charge in [-0.1, -0.05) is 0 Å². The summed E-state index contributed by atoms with van der Waals surface area (Å²) in [6, 6.07) is 9.39. The van der Waals surface area contributed by atoms with E-state index in [2.05, 4.69) is 14.9 Å². The van der Waals surface area contributed by atoms with E-state index in [1.165, 1.54) is 42.5 Å². The number of hydrogen-bond donors (Lipinski definition) is 2. The van der Waals surface area contributed by atoms with Gasteiger partial charge in [0, 0.05) is 31.9 Å². The summed E-state index contributed by atoms with van der Waals surface area (Å²) in [6.45, 7) is 5.94. The van der Waals surface area contributed by atoms with Crippen LogP contribution in [0.1, 0.15) is 5.56 Å². The molecule has 1 saturated heterocycles. The minimum atomic E-state index is -3.84. The van der Waals surface area contributed by atoms with Crippen molar-refractivity contribution in [3.05, 3.63) is 53.8 Å². The van der Waals surface area contributed by atoms with E-state index in [0.717, 1.165) is 19.6 Å². The highest BCUT2D eigenvalue weighted by molar-refractivity contribution is 7.92. The Labute approximate surface area is 181 Å². The lowest BCUT2D eigenvalue weighted by molar-refractivity contribution is -0.123. The molecule has 0 aromatic heterocycles. The number of carbonyl (C=O) groups is 1. The molecule has 8 nitrogen and oxygen atoms in total. The van der Waals surface area contributed by atoms with Crippen molar-refractivity contribution in [2.75, 3.05) is 50.7 Å². The first kappa shape index (κ1) is 23.0. The minimum absolute atomic E-state index is 0.0386. The van der Waals surface area contributed by atoms with E-state index in [4.69, 9.17) is 9.47 Å². The molecule has 0 bridgehead atoms. The lowest BCUT2D eigenvalue weighted by Gasteiger charge is -2.26. The summed E-state index contributed by atoms with van der Waals surface area (Å²) in [6.07, 6.45) is 0. The van der Waals surface area contributed by atoms with Gasteiger partial charge in [-0.3, -0.25) is 14.4 Å². The molecule has 0 unspecified atom stereocenters. The van der Waals surface area contributed by atoms with Gasteiger partial charge in [-0.25, -0.2) is 12.8 Å². The van der Waals surface area contributed by atoms with Crippen LogP contribution >= 0.6 is 0 Å². The smallest absolute Gasteiger partial charge is 0.261 e. The predicted octanol–water partition coefficient (Wildman–Crippen LogP) is 1.76. The minimum Gasteiger partial charge on any atom is -0.484 e. The predicted molar refractivity (Wildman–Crippen MR) is 114 cm³/mol. The Kier molecular flexibility index (Phi) is 7.83. The molecule has 1 fully saturated rings. The summed E-state index contributed by atoms with van der Waals surface area (Å²) in [5.41, 5.74) is 0.830. The fourth-order valence-corrected chi connectivity index (χ4v) is 4.20. The standard InChI is InChI=1S/C21H26FN3O5S/c1-16-14-19(31(27,28)24-18-4-2-17(22)3-5-18)6-7-20(16)30-15-21(26)23-8-9-25-10-12-29-13-11-25/h2-7,14,24H,8-13,15H2,1H3,(H,23,26).